The van der Waals surface area contributed by atoms with Crippen LogP contribution in [0.15, 0.2) is 42.6 Å². The summed E-state index contributed by atoms with van der Waals surface area (Å²) < 4.78 is 7.06. The van der Waals surface area contributed by atoms with Crippen LogP contribution in [-0.2, 0) is 6.42 Å². The number of fused-ring (bicyclic) bond motifs is 1. The van der Waals surface area contributed by atoms with E-state index in [2.05, 4.69) is 4.98 Å². The summed E-state index contributed by atoms with van der Waals surface area (Å²) in [4.78, 5) is 16.2. The third kappa shape index (κ3) is 2.90. The van der Waals surface area contributed by atoms with Crippen LogP contribution in [0.25, 0.3) is 5.65 Å². The first-order chi connectivity index (χ1) is 11.1. The summed E-state index contributed by atoms with van der Waals surface area (Å²) in [7, 11) is 0. The minimum atomic E-state index is -0.968. The van der Waals surface area contributed by atoms with Crippen LogP contribution in [0.5, 0.6) is 5.75 Å². The monoisotopic (exact) mass is 310 g/mol. The molecule has 0 bridgehead atoms. The maximum absolute atomic E-state index is 11.7. The molecule has 5 heteroatoms. The van der Waals surface area contributed by atoms with Gasteiger partial charge in [0.2, 0.25) is 0 Å². The Labute approximate surface area is 134 Å². The van der Waals surface area contributed by atoms with Gasteiger partial charge in [-0.25, -0.2) is 9.78 Å². The number of benzene rings is 1. The first-order valence-corrected chi connectivity index (χ1v) is 7.51. The van der Waals surface area contributed by atoms with Crippen molar-refractivity contribution in [2.45, 2.75) is 20.3 Å². The van der Waals surface area contributed by atoms with Gasteiger partial charge in [0.05, 0.1) is 12.3 Å². The topological polar surface area (TPSA) is 63.8 Å². The van der Waals surface area contributed by atoms with Crippen molar-refractivity contribution in [3.05, 3.63) is 65.1 Å². The van der Waals surface area contributed by atoms with E-state index in [0.29, 0.717) is 24.4 Å². The van der Waals surface area contributed by atoms with Crippen LogP contribution in [0.3, 0.4) is 0 Å². The van der Waals surface area contributed by atoms with Crippen molar-refractivity contribution in [2.24, 2.45) is 0 Å². The van der Waals surface area contributed by atoms with E-state index < -0.39 is 5.97 Å². The average molecular weight is 310 g/mol. The molecule has 118 valence electrons. The Kier molecular flexibility index (Phi) is 4.02. The Morgan fingerprint density at radius 3 is 2.65 bits per heavy atom. The average Bonchev–Trinajstić information content (AvgIpc) is 2.89. The molecule has 0 spiro atoms. The summed E-state index contributed by atoms with van der Waals surface area (Å²) in [5, 5.41) is 9.55. The lowest BCUT2D eigenvalue weighted by Crippen LogP contribution is -2.06. The summed E-state index contributed by atoms with van der Waals surface area (Å²) >= 11 is 0. The number of rotatable bonds is 5. The van der Waals surface area contributed by atoms with Crippen LogP contribution in [-0.4, -0.2) is 27.1 Å². The lowest BCUT2D eigenvalue weighted by molar-refractivity contribution is 0.0688. The van der Waals surface area contributed by atoms with Crippen LogP contribution < -0.4 is 4.74 Å². The molecule has 23 heavy (non-hydrogen) atoms. The van der Waals surface area contributed by atoms with Crippen LogP contribution in [0, 0.1) is 6.92 Å². The zero-order chi connectivity index (χ0) is 16.4. The second-order valence-corrected chi connectivity index (χ2v) is 5.35. The molecule has 0 fully saturated rings. The van der Waals surface area contributed by atoms with Gasteiger partial charge in [-0.15, -0.1) is 0 Å². The van der Waals surface area contributed by atoms with Crippen LogP contribution in [0.2, 0.25) is 0 Å². The number of hydrogen-bond acceptors (Lipinski definition) is 3. The lowest BCUT2D eigenvalue weighted by atomic mass is 10.1. The molecular weight excluding hydrogens is 292 g/mol. The number of aromatic nitrogens is 2. The highest BCUT2D eigenvalue weighted by molar-refractivity contribution is 5.88. The van der Waals surface area contributed by atoms with Gasteiger partial charge in [-0.2, -0.15) is 0 Å². The van der Waals surface area contributed by atoms with Gasteiger partial charge in [0, 0.05) is 12.6 Å². The minimum Gasteiger partial charge on any atom is -0.494 e. The molecular formula is C18H18N2O3. The van der Waals surface area contributed by atoms with E-state index in [1.165, 1.54) is 0 Å². The van der Waals surface area contributed by atoms with Gasteiger partial charge in [-0.3, -0.25) is 4.40 Å². The molecule has 0 amide bonds. The molecule has 3 aromatic rings. The molecule has 0 atom stereocenters. The van der Waals surface area contributed by atoms with Crippen LogP contribution >= 0.6 is 0 Å². The molecule has 2 heterocycles. The van der Waals surface area contributed by atoms with E-state index in [1.807, 2.05) is 50.2 Å². The number of carbonyl (C=O) groups is 1. The number of aryl methyl sites for hydroxylation is 1. The maximum atomic E-state index is 11.7. The first-order valence-electron chi connectivity index (χ1n) is 7.51. The molecule has 3 rings (SSSR count). The van der Waals surface area contributed by atoms with E-state index in [1.54, 1.807) is 10.6 Å². The number of aromatic carboxylic acids is 1. The maximum Gasteiger partial charge on any atom is 0.354 e. The molecule has 0 saturated carbocycles. The minimum absolute atomic E-state index is 0.220. The Bertz CT molecular complexity index is 851. The van der Waals surface area contributed by atoms with Crippen molar-refractivity contribution in [3.63, 3.8) is 0 Å². The molecule has 0 saturated heterocycles. The van der Waals surface area contributed by atoms with Gasteiger partial charge in [0.1, 0.15) is 11.4 Å². The molecule has 1 N–H and O–H groups in total. The van der Waals surface area contributed by atoms with Crippen LogP contribution in [0.1, 0.15) is 34.2 Å². The highest BCUT2D eigenvalue weighted by atomic mass is 16.5. The fraction of sp³-hybridized carbons (Fsp3) is 0.222. The predicted octanol–water partition coefficient (Wildman–Crippen LogP) is 3.33. The van der Waals surface area contributed by atoms with Crippen LogP contribution in [0.4, 0.5) is 0 Å². The number of hydrogen-bond donors (Lipinski definition) is 1. The number of imidazole rings is 1. The summed E-state index contributed by atoms with van der Waals surface area (Å²) in [5.41, 5.74) is 3.42. The molecule has 1 aromatic carbocycles. The molecule has 0 aliphatic heterocycles. The Morgan fingerprint density at radius 2 is 2.00 bits per heavy atom. The predicted molar refractivity (Wildman–Crippen MR) is 87.3 cm³/mol. The first kappa shape index (κ1) is 15.1. The molecule has 0 aliphatic carbocycles. The van der Waals surface area contributed by atoms with E-state index in [0.717, 1.165) is 16.9 Å². The summed E-state index contributed by atoms with van der Waals surface area (Å²) in [6.45, 7) is 4.48. The van der Waals surface area contributed by atoms with Gasteiger partial charge in [-0.1, -0.05) is 18.2 Å². The van der Waals surface area contributed by atoms with E-state index in [4.69, 9.17) is 4.74 Å². The second kappa shape index (κ2) is 6.12. The zero-order valence-corrected chi connectivity index (χ0v) is 13.1. The molecule has 0 aliphatic rings. The molecule has 0 unspecified atom stereocenters. The largest absolute Gasteiger partial charge is 0.494 e. The fourth-order valence-corrected chi connectivity index (χ4v) is 2.66. The van der Waals surface area contributed by atoms with Crippen molar-refractivity contribution in [3.8, 4) is 5.75 Å². The smallest absolute Gasteiger partial charge is 0.354 e. The second-order valence-electron chi connectivity index (χ2n) is 5.35. The number of pyridine rings is 1. The third-order valence-electron chi connectivity index (χ3n) is 3.73. The van der Waals surface area contributed by atoms with Gasteiger partial charge in [0.15, 0.2) is 5.69 Å². The highest BCUT2D eigenvalue weighted by Crippen LogP contribution is 2.20. The molecule has 5 nitrogen and oxygen atoms in total. The van der Waals surface area contributed by atoms with E-state index in [9.17, 15) is 9.90 Å². The van der Waals surface area contributed by atoms with Crippen molar-refractivity contribution in [2.75, 3.05) is 6.61 Å². The summed E-state index contributed by atoms with van der Waals surface area (Å²) in [6.07, 6.45) is 2.20. The number of ether oxygens (including phenoxy) is 1. The Balaban J connectivity index is 2.00. The standard InChI is InChI=1S/C18H18N2O3/c1-3-23-14-8-6-13(7-9-14)11-15-16(18(21)22)20-10-4-5-12(2)17(20)19-15/h4-10H,3,11H2,1-2H3,(H,21,22). The van der Waals surface area contributed by atoms with Gasteiger partial charge < -0.3 is 9.84 Å². The van der Waals surface area contributed by atoms with Gasteiger partial charge >= 0.3 is 5.97 Å². The Hall–Kier alpha value is -2.82. The van der Waals surface area contributed by atoms with E-state index in [-0.39, 0.29) is 5.69 Å². The fourth-order valence-electron chi connectivity index (χ4n) is 2.66. The van der Waals surface area contributed by atoms with Crippen molar-refractivity contribution in [1.82, 2.24) is 9.38 Å². The highest BCUT2D eigenvalue weighted by Gasteiger charge is 2.19. The van der Waals surface area contributed by atoms with E-state index >= 15 is 0 Å². The third-order valence-corrected chi connectivity index (χ3v) is 3.73. The van der Waals surface area contributed by atoms with Gasteiger partial charge in [-0.05, 0) is 43.2 Å². The van der Waals surface area contributed by atoms with Crippen molar-refractivity contribution in [1.29, 1.82) is 0 Å². The summed E-state index contributed by atoms with van der Waals surface area (Å²) in [5.74, 6) is -0.162. The molecule has 2 aromatic heterocycles. The van der Waals surface area contributed by atoms with Crippen molar-refractivity contribution < 1.29 is 14.6 Å². The quantitative estimate of drug-likeness (QED) is 0.785. The zero-order valence-electron chi connectivity index (χ0n) is 13.1. The summed E-state index contributed by atoms with van der Waals surface area (Å²) in [6, 6.07) is 11.4. The normalized spacial score (nSPS) is 10.9. The molecule has 0 radical (unpaired) electrons. The lowest BCUT2D eigenvalue weighted by Gasteiger charge is -2.04. The Morgan fingerprint density at radius 1 is 1.26 bits per heavy atom. The SMILES string of the molecule is CCOc1ccc(Cc2nc3c(C)cccn3c2C(=O)O)cc1. The van der Waals surface area contributed by atoms with Gasteiger partial charge in [0.25, 0.3) is 0 Å². The number of carboxylic acids is 1. The van der Waals surface area contributed by atoms with Crippen molar-refractivity contribution >= 4 is 11.6 Å². The number of carboxylic acid groups (broad SMARTS) is 1. The number of nitrogens with zero attached hydrogens (tertiary/aromatic N) is 2.